The molecular weight excluding hydrogens is 364 g/mol. The molecule has 0 saturated carbocycles. The molecule has 0 aliphatic carbocycles. The van der Waals surface area contributed by atoms with Gasteiger partial charge in [-0.1, -0.05) is 6.07 Å². The van der Waals surface area contributed by atoms with Gasteiger partial charge in [-0.3, -0.25) is 19.6 Å². The lowest BCUT2D eigenvalue weighted by Crippen LogP contribution is -2.52. The van der Waals surface area contributed by atoms with Crippen LogP contribution in [-0.2, 0) is 11.2 Å². The van der Waals surface area contributed by atoms with Crippen molar-refractivity contribution >= 4 is 11.8 Å². The van der Waals surface area contributed by atoms with Gasteiger partial charge in [-0.25, -0.2) is 0 Å². The van der Waals surface area contributed by atoms with Crippen LogP contribution in [0.3, 0.4) is 0 Å². The molecule has 0 aromatic carbocycles. The van der Waals surface area contributed by atoms with Gasteiger partial charge in [0.05, 0.1) is 5.56 Å². The van der Waals surface area contributed by atoms with Crippen LogP contribution in [0.25, 0.3) is 0 Å². The molecule has 0 radical (unpaired) electrons. The highest BCUT2D eigenvalue weighted by atomic mass is 16.2. The summed E-state index contributed by atoms with van der Waals surface area (Å²) in [6, 6.07) is 9.64. The number of hydrogen-bond donors (Lipinski definition) is 0. The number of hydrogen-bond acceptors (Lipinski definition) is 4. The summed E-state index contributed by atoms with van der Waals surface area (Å²) in [6.45, 7) is 4.93. The molecule has 0 unspecified atom stereocenters. The van der Waals surface area contributed by atoms with Crippen molar-refractivity contribution in [1.82, 2.24) is 19.8 Å². The maximum atomic E-state index is 12.8. The van der Waals surface area contributed by atoms with E-state index in [4.69, 9.17) is 0 Å². The number of piperidine rings is 2. The van der Waals surface area contributed by atoms with Crippen molar-refractivity contribution in [1.29, 1.82) is 0 Å². The molecule has 152 valence electrons. The minimum Gasteiger partial charge on any atom is -0.342 e. The standard InChI is InChI=1S/C23H28N4O2/c1-18-5-6-19(16-25-18)22(29)26-14-10-23(11-15-26)9-7-21(28)27(17-23)13-8-20-4-2-3-12-24-20/h2-6,12,16H,7-11,13-15,17H2,1H3. The molecule has 4 rings (SSSR count). The second kappa shape index (κ2) is 8.31. The minimum absolute atomic E-state index is 0.0613. The third-order valence-electron chi connectivity index (χ3n) is 6.38. The first-order chi connectivity index (χ1) is 14.0. The van der Waals surface area contributed by atoms with Crippen molar-refractivity contribution in [3.05, 3.63) is 59.7 Å². The SMILES string of the molecule is Cc1ccc(C(=O)N2CCC3(CCC(=O)N(CCc4ccccn4)C3)CC2)cn1. The maximum absolute atomic E-state index is 12.8. The Morgan fingerprint density at radius 3 is 2.62 bits per heavy atom. The fourth-order valence-corrected chi connectivity index (χ4v) is 4.47. The first-order valence-corrected chi connectivity index (χ1v) is 10.4. The number of aryl methyl sites for hydroxylation is 1. The average Bonchev–Trinajstić information content (AvgIpc) is 2.76. The van der Waals surface area contributed by atoms with Gasteiger partial charge in [-0.2, -0.15) is 0 Å². The topological polar surface area (TPSA) is 66.4 Å². The number of likely N-dealkylation sites (tertiary alicyclic amines) is 2. The van der Waals surface area contributed by atoms with Crippen LogP contribution in [0, 0.1) is 12.3 Å². The molecule has 0 atom stereocenters. The van der Waals surface area contributed by atoms with E-state index in [1.807, 2.05) is 47.1 Å². The van der Waals surface area contributed by atoms with E-state index in [1.165, 1.54) is 0 Å². The van der Waals surface area contributed by atoms with Crippen molar-refractivity contribution in [3.8, 4) is 0 Å². The van der Waals surface area contributed by atoms with Gasteiger partial charge in [0.25, 0.3) is 5.91 Å². The van der Waals surface area contributed by atoms with Crippen LogP contribution >= 0.6 is 0 Å². The molecule has 0 N–H and O–H groups in total. The van der Waals surface area contributed by atoms with Crippen LogP contribution < -0.4 is 0 Å². The van der Waals surface area contributed by atoms with E-state index >= 15 is 0 Å². The Bertz CT molecular complexity index is 858. The summed E-state index contributed by atoms with van der Waals surface area (Å²) >= 11 is 0. The van der Waals surface area contributed by atoms with Crippen molar-refractivity contribution in [2.24, 2.45) is 5.41 Å². The normalized spacial score (nSPS) is 18.9. The molecule has 2 aromatic heterocycles. The number of nitrogens with zero attached hydrogens (tertiary/aromatic N) is 4. The van der Waals surface area contributed by atoms with Crippen molar-refractivity contribution in [3.63, 3.8) is 0 Å². The van der Waals surface area contributed by atoms with Crippen molar-refractivity contribution in [2.75, 3.05) is 26.2 Å². The molecule has 2 amide bonds. The molecule has 0 bridgehead atoms. The Labute approximate surface area is 172 Å². The first kappa shape index (κ1) is 19.6. The molecule has 2 saturated heterocycles. The van der Waals surface area contributed by atoms with Gasteiger partial charge in [0, 0.05) is 62.8 Å². The second-order valence-electron chi connectivity index (χ2n) is 8.37. The van der Waals surface area contributed by atoms with Crippen LogP contribution in [0.1, 0.15) is 47.4 Å². The van der Waals surface area contributed by atoms with E-state index in [2.05, 4.69) is 9.97 Å². The molecular formula is C23H28N4O2. The Morgan fingerprint density at radius 2 is 1.93 bits per heavy atom. The maximum Gasteiger partial charge on any atom is 0.255 e. The number of pyridine rings is 2. The number of aromatic nitrogens is 2. The molecule has 2 aliphatic rings. The van der Waals surface area contributed by atoms with Gasteiger partial charge in [0.2, 0.25) is 5.91 Å². The molecule has 6 heteroatoms. The van der Waals surface area contributed by atoms with E-state index in [0.29, 0.717) is 12.0 Å². The first-order valence-electron chi connectivity index (χ1n) is 10.4. The Kier molecular flexibility index (Phi) is 5.60. The average molecular weight is 393 g/mol. The Morgan fingerprint density at radius 1 is 1.10 bits per heavy atom. The molecule has 29 heavy (non-hydrogen) atoms. The summed E-state index contributed by atoms with van der Waals surface area (Å²) in [5.41, 5.74) is 2.73. The largest absolute Gasteiger partial charge is 0.342 e. The highest BCUT2D eigenvalue weighted by molar-refractivity contribution is 5.94. The molecule has 2 fully saturated rings. The predicted octanol–water partition coefficient (Wildman–Crippen LogP) is 2.87. The second-order valence-corrected chi connectivity index (χ2v) is 8.37. The van der Waals surface area contributed by atoms with Crippen LogP contribution in [0.4, 0.5) is 0 Å². The fraction of sp³-hybridized carbons (Fsp3) is 0.478. The van der Waals surface area contributed by atoms with Crippen LogP contribution in [0.5, 0.6) is 0 Å². The lowest BCUT2D eigenvalue weighted by atomic mass is 9.72. The zero-order valence-electron chi connectivity index (χ0n) is 17.0. The Hall–Kier alpha value is -2.76. The van der Waals surface area contributed by atoms with E-state index in [-0.39, 0.29) is 17.2 Å². The number of carbonyl (C=O) groups is 2. The van der Waals surface area contributed by atoms with Crippen LogP contribution in [0.2, 0.25) is 0 Å². The van der Waals surface area contributed by atoms with Crippen LogP contribution in [0.15, 0.2) is 42.7 Å². The zero-order chi connectivity index (χ0) is 20.3. The van der Waals surface area contributed by atoms with Gasteiger partial charge in [0.15, 0.2) is 0 Å². The van der Waals surface area contributed by atoms with E-state index in [1.54, 1.807) is 12.4 Å². The molecule has 1 spiro atoms. The Balaban J connectivity index is 1.35. The summed E-state index contributed by atoms with van der Waals surface area (Å²) in [6.07, 6.45) is 7.69. The predicted molar refractivity (Wildman–Crippen MR) is 110 cm³/mol. The van der Waals surface area contributed by atoms with E-state index in [0.717, 1.165) is 63.3 Å². The molecule has 2 aliphatic heterocycles. The van der Waals surface area contributed by atoms with Crippen LogP contribution in [-0.4, -0.2) is 57.8 Å². The third kappa shape index (κ3) is 4.47. The van der Waals surface area contributed by atoms with Gasteiger partial charge in [-0.05, 0) is 55.9 Å². The lowest BCUT2D eigenvalue weighted by Gasteiger charge is -2.47. The van der Waals surface area contributed by atoms with Crippen molar-refractivity contribution in [2.45, 2.75) is 39.0 Å². The minimum atomic E-state index is 0.0613. The summed E-state index contributed by atoms with van der Waals surface area (Å²) in [7, 11) is 0. The summed E-state index contributed by atoms with van der Waals surface area (Å²) in [4.78, 5) is 37.8. The third-order valence-corrected chi connectivity index (χ3v) is 6.38. The lowest BCUT2D eigenvalue weighted by molar-refractivity contribution is -0.138. The highest BCUT2D eigenvalue weighted by Crippen LogP contribution is 2.40. The van der Waals surface area contributed by atoms with Gasteiger partial charge < -0.3 is 9.80 Å². The molecule has 4 heterocycles. The molecule has 6 nitrogen and oxygen atoms in total. The highest BCUT2D eigenvalue weighted by Gasteiger charge is 2.41. The summed E-state index contributed by atoms with van der Waals surface area (Å²) < 4.78 is 0. The fourth-order valence-electron chi connectivity index (χ4n) is 4.47. The summed E-state index contributed by atoms with van der Waals surface area (Å²) in [5, 5.41) is 0. The zero-order valence-corrected chi connectivity index (χ0v) is 17.0. The monoisotopic (exact) mass is 392 g/mol. The number of amides is 2. The van der Waals surface area contributed by atoms with E-state index < -0.39 is 0 Å². The van der Waals surface area contributed by atoms with Crippen molar-refractivity contribution < 1.29 is 9.59 Å². The molecule has 2 aromatic rings. The smallest absolute Gasteiger partial charge is 0.255 e. The van der Waals surface area contributed by atoms with E-state index in [9.17, 15) is 9.59 Å². The van der Waals surface area contributed by atoms with Gasteiger partial charge in [0.1, 0.15) is 0 Å². The number of carbonyl (C=O) groups excluding carboxylic acids is 2. The van der Waals surface area contributed by atoms with Gasteiger partial charge in [-0.15, -0.1) is 0 Å². The summed E-state index contributed by atoms with van der Waals surface area (Å²) in [5.74, 6) is 0.307. The quantitative estimate of drug-likeness (QED) is 0.802. The number of rotatable bonds is 4. The van der Waals surface area contributed by atoms with Gasteiger partial charge >= 0.3 is 0 Å².